The van der Waals surface area contributed by atoms with E-state index in [-0.39, 0.29) is 23.7 Å². The van der Waals surface area contributed by atoms with Crippen LogP contribution in [0.25, 0.3) is 11.7 Å². The average molecular weight is 446 g/mol. The Morgan fingerprint density at radius 2 is 2.12 bits per heavy atom. The van der Waals surface area contributed by atoms with Gasteiger partial charge < -0.3 is 13.6 Å². The molecule has 0 N–H and O–H groups in total. The molecule has 4 rings (SSSR count). The monoisotopic (exact) mass is 445 g/mol. The van der Waals surface area contributed by atoms with E-state index in [1.54, 1.807) is 12.1 Å². The second-order valence-electron chi connectivity index (χ2n) is 6.73. The SMILES string of the molecule is O=S1(=O)CCC(N(Cc2nnc(-c3ccc(Br)o3)o2)CC2CCCO2)C1. The molecule has 8 nitrogen and oxygen atoms in total. The highest BCUT2D eigenvalue weighted by Crippen LogP contribution is 2.26. The molecule has 142 valence electrons. The summed E-state index contributed by atoms with van der Waals surface area (Å²) in [5, 5.41) is 8.13. The lowest BCUT2D eigenvalue weighted by molar-refractivity contribution is 0.0539. The van der Waals surface area contributed by atoms with Crippen molar-refractivity contribution < 1.29 is 22.0 Å². The van der Waals surface area contributed by atoms with E-state index in [1.807, 2.05) is 0 Å². The molecule has 10 heteroatoms. The molecule has 0 saturated carbocycles. The van der Waals surface area contributed by atoms with Gasteiger partial charge in [0.05, 0.1) is 24.2 Å². The summed E-state index contributed by atoms with van der Waals surface area (Å²) < 4.78 is 41.3. The molecule has 2 fully saturated rings. The number of halogens is 1. The van der Waals surface area contributed by atoms with E-state index in [9.17, 15) is 8.42 Å². The third-order valence-corrected chi connectivity index (χ3v) is 6.95. The predicted octanol–water partition coefficient (Wildman–Crippen LogP) is 2.26. The molecule has 2 aliphatic rings. The lowest BCUT2D eigenvalue weighted by atomic mass is 10.1. The molecule has 0 aliphatic carbocycles. The third-order valence-electron chi connectivity index (χ3n) is 4.78. The second-order valence-corrected chi connectivity index (χ2v) is 9.74. The Morgan fingerprint density at radius 1 is 1.23 bits per heavy atom. The quantitative estimate of drug-likeness (QED) is 0.667. The van der Waals surface area contributed by atoms with Gasteiger partial charge in [-0.15, -0.1) is 10.2 Å². The molecule has 2 aromatic heterocycles. The van der Waals surface area contributed by atoms with Gasteiger partial charge in [-0.25, -0.2) is 8.42 Å². The molecule has 2 atom stereocenters. The largest absolute Gasteiger partial charge is 0.444 e. The van der Waals surface area contributed by atoms with Crippen LogP contribution in [0.4, 0.5) is 0 Å². The average Bonchev–Trinajstić information content (AvgIpc) is 3.34. The van der Waals surface area contributed by atoms with Crippen molar-refractivity contribution in [3.63, 3.8) is 0 Å². The van der Waals surface area contributed by atoms with Gasteiger partial charge in [0.25, 0.3) is 5.89 Å². The lowest BCUT2D eigenvalue weighted by Gasteiger charge is -2.28. The van der Waals surface area contributed by atoms with Crippen LogP contribution >= 0.6 is 15.9 Å². The van der Waals surface area contributed by atoms with Crippen molar-refractivity contribution in [1.29, 1.82) is 0 Å². The standard InChI is InChI=1S/C16H20BrN3O5S/c17-14-4-3-13(24-14)16-19-18-15(25-16)9-20(8-12-2-1-6-23-12)11-5-7-26(21,22)10-11/h3-4,11-12H,1-2,5-10H2. The molecule has 0 bridgehead atoms. The molecular weight excluding hydrogens is 426 g/mol. The highest BCUT2D eigenvalue weighted by molar-refractivity contribution is 9.10. The number of aromatic nitrogens is 2. The van der Waals surface area contributed by atoms with Crippen LogP contribution in [0.1, 0.15) is 25.2 Å². The predicted molar refractivity (Wildman–Crippen MR) is 96.1 cm³/mol. The van der Waals surface area contributed by atoms with Crippen LogP contribution in [0.5, 0.6) is 0 Å². The number of sulfone groups is 1. The molecule has 0 amide bonds. The fraction of sp³-hybridized carbons (Fsp3) is 0.625. The Balaban J connectivity index is 1.49. The minimum Gasteiger partial charge on any atom is -0.444 e. The van der Waals surface area contributed by atoms with Gasteiger partial charge in [0.15, 0.2) is 20.3 Å². The van der Waals surface area contributed by atoms with Crippen LogP contribution in [0.15, 0.2) is 25.6 Å². The number of hydrogen-bond acceptors (Lipinski definition) is 8. The van der Waals surface area contributed by atoms with Crippen molar-refractivity contribution in [2.75, 3.05) is 24.7 Å². The Kier molecular flexibility index (Phi) is 5.18. The normalized spacial score (nSPS) is 25.3. The van der Waals surface area contributed by atoms with Crippen molar-refractivity contribution in [3.05, 3.63) is 22.7 Å². The van der Waals surface area contributed by atoms with E-state index in [2.05, 4.69) is 31.0 Å². The van der Waals surface area contributed by atoms with Gasteiger partial charge in [-0.2, -0.15) is 0 Å². The van der Waals surface area contributed by atoms with Crippen molar-refractivity contribution in [2.45, 2.75) is 38.0 Å². The zero-order chi connectivity index (χ0) is 18.1. The molecule has 2 saturated heterocycles. The molecule has 0 radical (unpaired) electrons. The Hall–Kier alpha value is -1.23. The number of nitrogens with zero attached hydrogens (tertiary/aromatic N) is 3. The van der Waals surface area contributed by atoms with Crippen molar-refractivity contribution >= 4 is 25.8 Å². The molecule has 0 aromatic carbocycles. The van der Waals surface area contributed by atoms with E-state index in [0.29, 0.717) is 41.7 Å². The molecule has 4 heterocycles. The van der Waals surface area contributed by atoms with E-state index in [4.69, 9.17) is 13.6 Å². The summed E-state index contributed by atoms with van der Waals surface area (Å²) in [6.45, 7) is 1.83. The fourth-order valence-electron chi connectivity index (χ4n) is 3.48. The second kappa shape index (κ2) is 7.41. The molecule has 0 spiro atoms. The van der Waals surface area contributed by atoms with Crippen LogP contribution in [-0.2, 0) is 21.1 Å². The van der Waals surface area contributed by atoms with Gasteiger partial charge in [-0.3, -0.25) is 4.90 Å². The van der Waals surface area contributed by atoms with Crippen LogP contribution in [0.3, 0.4) is 0 Å². The number of furan rings is 1. The van der Waals surface area contributed by atoms with Crippen LogP contribution < -0.4 is 0 Å². The third kappa shape index (κ3) is 4.19. The summed E-state index contributed by atoms with van der Waals surface area (Å²) in [6.07, 6.45) is 2.79. The van der Waals surface area contributed by atoms with Gasteiger partial charge >= 0.3 is 0 Å². The number of hydrogen-bond donors (Lipinski definition) is 0. The van der Waals surface area contributed by atoms with E-state index >= 15 is 0 Å². The smallest absolute Gasteiger partial charge is 0.283 e. The topological polar surface area (TPSA) is 98.7 Å². The van der Waals surface area contributed by atoms with Crippen molar-refractivity contribution in [2.24, 2.45) is 0 Å². The molecule has 2 unspecified atom stereocenters. The van der Waals surface area contributed by atoms with Gasteiger partial charge in [0.2, 0.25) is 5.89 Å². The van der Waals surface area contributed by atoms with Gasteiger partial charge in [-0.1, -0.05) is 0 Å². The summed E-state index contributed by atoms with van der Waals surface area (Å²) in [6, 6.07) is 3.46. The van der Waals surface area contributed by atoms with Gasteiger partial charge in [-0.05, 0) is 47.3 Å². The lowest BCUT2D eigenvalue weighted by Crippen LogP contribution is -2.40. The maximum Gasteiger partial charge on any atom is 0.283 e. The summed E-state index contributed by atoms with van der Waals surface area (Å²) in [4.78, 5) is 2.11. The zero-order valence-electron chi connectivity index (χ0n) is 14.1. The Bertz CT molecular complexity index is 859. The van der Waals surface area contributed by atoms with Gasteiger partial charge in [0, 0.05) is 19.2 Å². The fourth-order valence-corrected chi connectivity index (χ4v) is 5.54. The van der Waals surface area contributed by atoms with Crippen LogP contribution in [-0.4, -0.2) is 60.3 Å². The van der Waals surface area contributed by atoms with E-state index < -0.39 is 9.84 Å². The molecule has 2 aliphatic heterocycles. The molecule has 26 heavy (non-hydrogen) atoms. The first kappa shape index (κ1) is 18.1. The summed E-state index contributed by atoms with van der Waals surface area (Å²) in [5.74, 6) is 1.64. The summed E-state index contributed by atoms with van der Waals surface area (Å²) in [5.41, 5.74) is 0. The first-order valence-corrected chi connectivity index (χ1v) is 11.2. The number of ether oxygens (including phenoxy) is 1. The maximum absolute atomic E-state index is 11.9. The van der Waals surface area contributed by atoms with Gasteiger partial charge in [0.1, 0.15) is 0 Å². The first-order chi connectivity index (χ1) is 12.5. The Morgan fingerprint density at radius 3 is 2.77 bits per heavy atom. The minimum absolute atomic E-state index is 0.0442. The van der Waals surface area contributed by atoms with Crippen LogP contribution in [0, 0.1) is 0 Å². The molecule has 2 aromatic rings. The summed E-state index contributed by atoms with van der Waals surface area (Å²) >= 11 is 3.25. The van der Waals surface area contributed by atoms with E-state index in [0.717, 1.165) is 19.4 Å². The zero-order valence-corrected chi connectivity index (χ0v) is 16.5. The minimum atomic E-state index is -2.97. The van der Waals surface area contributed by atoms with E-state index in [1.165, 1.54) is 0 Å². The molecular formula is C16H20BrN3O5S. The number of rotatable bonds is 6. The maximum atomic E-state index is 11.9. The highest BCUT2D eigenvalue weighted by atomic mass is 79.9. The summed E-state index contributed by atoms with van der Waals surface area (Å²) in [7, 11) is -2.97. The Labute approximate surface area is 159 Å². The van der Waals surface area contributed by atoms with Crippen LogP contribution in [0.2, 0.25) is 0 Å². The van der Waals surface area contributed by atoms with Crippen molar-refractivity contribution in [1.82, 2.24) is 15.1 Å². The van der Waals surface area contributed by atoms with Crippen molar-refractivity contribution in [3.8, 4) is 11.7 Å². The highest BCUT2D eigenvalue weighted by Gasteiger charge is 2.34. The first-order valence-electron chi connectivity index (χ1n) is 8.63.